The molecule has 0 amide bonds. The van der Waals surface area contributed by atoms with Gasteiger partial charge in [0.1, 0.15) is 0 Å². The van der Waals surface area contributed by atoms with E-state index in [2.05, 4.69) is 5.32 Å². The van der Waals surface area contributed by atoms with Crippen LogP contribution in [-0.2, 0) is 0 Å². The Morgan fingerprint density at radius 3 is 2.38 bits per heavy atom. The van der Waals surface area contributed by atoms with E-state index in [-0.39, 0.29) is 5.78 Å². The van der Waals surface area contributed by atoms with Gasteiger partial charge in [0, 0.05) is 16.9 Å². The van der Waals surface area contributed by atoms with Gasteiger partial charge in [-0.2, -0.15) is 0 Å². The Morgan fingerprint density at radius 2 is 1.75 bits per heavy atom. The number of para-hydroxylation sites is 1. The van der Waals surface area contributed by atoms with E-state index in [9.17, 15) is 4.79 Å². The first kappa shape index (κ1) is 17.3. The summed E-state index contributed by atoms with van der Waals surface area (Å²) >= 11 is 19.4. The van der Waals surface area contributed by atoms with Gasteiger partial charge in [0.05, 0.1) is 19.3 Å². The van der Waals surface area contributed by atoms with Crippen molar-refractivity contribution >= 4 is 63.3 Å². The average Bonchev–Trinajstić information content (AvgIpc) is 2.88. The van der Waals surface area contributed by atoms with Gasteiger partial charge in [-0.3, -0.25) is 4.79 Å². The van der Waals surface area contributed by atoms with Gasteiger partial charge in [0.25, 0.3) is 0 Å². The van der Waals surface area contributed by atoms with Gasteiger partial charge >= 0.3 is 0 Å². The van der Waals surface area contributed by atoms with Gasteiger partial charge in [0.2, 0.25) is 5.78 Å². The van der Waals surface area contributed by atoms with Crippen LogP contribution in [0.4, 0.5) is 11.4 Å². The number of carbonyl (C=O) groups excluding carboxylic acids is 1. The summed E-state index contributed by atoms with van der Waals surface area (Å²) in [7, 11) is 0. The molecule has 0 spiro atoms. The third-order valence-electron chi connectivity index (χ3n) is 3.50. The summed E-state index contributed by atoms with van der Waals surface area (Å²) in [6, 6.07) is 14.7. The van der Waals surface area contributed by atoms with Crippen molar-refractivity contribution in [1.82, 2.24) is 0 Å². The molecule has 0 aliphatic rings. The summed E-state index contributed by atoms with van der Waals surface area (Å²) < 4.78 is 0.470. The number of thiophene rings is 1. The number of halogens is 3. The Hall–Kier alpha value is -1.52. The van der Waals surface area contributed by atoms with Gasteiger partial charge in [-0.1, -0.05) is 53.0 Å². The van der Waals surface area contributed by atoms with E-state index in [0.717, 1.165) is 28.3 Å². The Balaban J connectivity index is 1.89. The smallest absolute Gasteiger partial charge is 0.206 e. The van der Waals surface area contributed by atoms with E-state index in [4.69, 9.17) is 34.8 Å². The number of nitrogens with one attached hydrogen (secondary N) is 1. The molecule has 0 saturated carbocycles. The van der Waals surface area contributed by atoms with Crippen LogP contribution in [0, 0.1) is 6.92 Å². The van der Waals surface area contributed by atoms with Crippen molar-refractivity contribution in [3.63, 3.8) is 0 Å². The maximum absolute atomic E-state index is 12.6. The highest BCUT2D eigenvalue weighted by atomic mass is 35.5. The number of ketones is 1. The molecule has 1 heterocycles. The maximum atomic E-state index is 12.6. The van der Waals surface area contributed by atoms with Gasteiger partial charge in [-0.25, -0.2) is 0 Å². The van der Waals surface area contributed by atoms with Gasteiger partial charge in [0.15, 0.2) is 0 Å². The monoisotopic (exact) mass is 395 g/mol. The zero-order valence-electron chi connectivity index (χ0n) is 12.6. The summed E-state index contributed by atoms with van der Waals surface area (Å²) in [6.45, 7) is 2.02. The number of hydrogen-bond acceptors (Lipinski definition) is 3. The zero-order chi connectivity index (χ0) is 17.3. The average molecular weight is 397 g/mol. The van der Waals surface area contributed by atoms with E-state index in [1.807, 2.05) is 37.3 Å². The first-order valence-corrected chi connectivity index (χ1v) is 9.02. The second-order valence-electron chi connectivity index (χ2n) is 5.19. The number of carbonyl (C=O) groups is 1. The number of benzene rings is 2. The second-order valence-corrected chi connectivity index (χ2v) is 7.69. The molecular weight excluding hydrogens is 385 g/mol. The molecule has 0 fully saturated rings. The van der Waals surface area contributed by atoms with Crippen molar-refractivity contribution < 1.29 is 4.79 Å². The maximum Gasteiger partial charge on any atom is 0.206 e. The molecule has 3 aromatic rings. The lowest BCUT2D eigenvalue weighted by atomic mass is 10.1. The molecule has 0 saturated heterocycles. The molecule has 3 rings (SSSR count). The van der Waals surface area contributed by atoms with Crippen molar-refractivity contribution in [2.45, 2.75) is 6.92 Å². The van der Waals surface area contributed by atoms with E-state index in [1.54, 1.807) is 18.2 Å². The third-order valence-corrected chi connectivity index (χ3v) is 5.49. The van der Waals surface area contributed by atoms with Crippen LogP contribution in [0.5, 0.6) is 0 Å². The van der Waals surface area contributed by atoms with Crippen molar-refractivity contribution in [2.24, 2.45) is 0 Å². The molecule has 2 aromatic carbocycles. The number of rotatable bonds is 4. The summed E-state index contributed by atoms with van der Waals surface area (Å²) in [5.74, 6) is -0.232. The summed E-state index contributed by atoms with van der Waals surface area (Å²) in [5.41, 5.74) is 3.31. The zero-order valence-corrected chi connectivity index (χ0v) is 15.7. The highest BCUT2D eigenvalue weighted by Crippen LogP contribution is 2.34. The minimum atomic E-state index is -0.232. The highest BCUT2D eigenvalue weighted by molar-refractivity contribution is 7.18. The fourth-order valence-electron chi connectivity index (χ4n) is 2.26. The molecule has 1 aromatic heterocycles. The molecular formula is C18H12Cl3NOS. The molecule has 122 valence electrons. The predicted octanol–water partition coefficient (Wildman–Crippen LogP) is 6.99. The van der Waals surface area contributed by atoms with Gasteiger partial charge in [-0.05, 0) is 42.8 Å². The molecule has 6 heteroatoms. The van der Waals surface area contributed by atoms with Crippen LogP contribution in [0.2, 0.25) is 14.4 Å². The van der Waals surface area contributed by atoms with Crippen LogP contribution in [-0.4, -0.2) is 5.78 Å². The van der Waals surface area contributed by atoms with Crippen LogP contribution >= 0.6 is 46.1 Å². The Kier molecular flexibility index (Phi) is 5.16. The fourth-order valence-corrected chi connectivity index (χ4v) is 4.03. The number of anilines is 2. The third kappa shape index (κ3) is 3.60. The Bertz CT molecular complexity index is 920. The molecule has 0 unspecified atom stereocenters. The van der Waals surface area contributed by atoms with Crippen LogP contribution < -0.4 is 5.32 Å². The van der Waals surface area contributed by atoms with Crippen LogP contribution in [0.25, 0.3) is 0 Å². The summed E-state index contributed by atoms with van der Waals surface area (Å²) in [4.78, 5) is 13.0. The summed E-state index contributed by atoms with van der Waals surface area (Å²) in [6.07, 6.45) is 0. The van der Waals surface area contributed by atoms with Gasteiger partial charge < -0.3 is 5.32 Å². The molecule has 0 aliphatic carbocycles. The molecule has 2 nitrogen and oxygen atoms in total. The van der Waals surface area contributed by atoms with E-state index >= 15 is 0 Å². The van der Waals surface area contributed by atoms with E-state index in [1.165, 1.54) is 0 Å². The number of aryl methyl sites for hydroxylation is 1. The van der Waals surface area contributed by atoms with Crippen LogP contribution in [0.3, 0.4) is 0 Å². The Morgan fingerprint density at radius 1 is 1.00 bits per heavy atom. The van der Waals surface area contributed by atoms with Crippen molar-refractivity contribution in [3.8, 4) is 0 Å². The number of hydrogen-bond donors (Lipinski definition) is 1. The minimum absolute atomic E-state index is 0.232. The van der Waals surface area contributed by atoms with Gasteiger partial charge in [-0.15, -0.1) is 11.3 Å². The molecule has 0 atom stereocenters. The van der Waals surface area contributed by atoms with Crippen molar-refractivity contribution in [1.29, 1.82) is 0 Å². The molecule has 0 radical (unpaired) electrons. The first-order chi connectivity index (χ1) is 11.5. The predicted molar refractivity (Wildman–Crippen MR) is 104 cm³/mol. The molecule has 24 heavy (non-hydrogen) atoms. The first-order valence-electron chi connectivity index (χ1n) is 7.07. The lowest BCUT2D eigenvalue weighted by Gasteiger charge is -2.11. The lowest BCUT2D eigenvalue weighted by Crippen LogP contribution is -2.01. The second kappa shape index (κ2) is 7.16. The lowest BCUT2D eigenvalue weighted by molar-refractivity contribution is 0.104. The van der Waals surface area contributed by atoms with Crippen LogP contribution in [0.15, 0.2) is 48.5 Å². The van der Waals surface area contributed by atoms with E-state index in [0.29, 0.717) is 24.8 Å². The van der Waals surface area contributed by atoms with Crippen molar-refractivity contribution in [2.75, 3.05) is 5.32 Å². The van der Waals surface area contributed by atoms with E-state index < -0.39 is 0 Å². The topological polar surface area (TPSA) is 29.1 Å². The largest absolute Gasteiger partial charge is 0.355 e. The Labute approximate surface area is 159 Å². The molecule has 0 bridgehead atoms. The quantitative estimate of drug-likeness (QED) is 0.481. The minimum Gasteiger partial charge on any atom is -0.355 e. The fraction of sp³-hybridized carbons (Fsp3) is 0.0556. The molecule has 1 N–H and O–H groups in total. The SMILES string of the molecule is Cc1ccccc1Nc1ccc(C(=O)c2sc(Cl)cc2Cl)c(Cl)c1. The highest BCUT2D eigenvalue weighted by Gasteiger charge is 2.19. The van der Waals surface area contributed by atoms with Crippen LogP contribution in [0.1, 0.15) is 20.8 Å². The molecule has 0 aliphatic heterocycles. The van der Waals surface area contributed by atoms with Crippen molar-refractivity contribution in [3.05, 3.63) is 78.9 Å². The standard InChI is InChI=1S/C18H12Cl3NOS/c1-10-4-2-3-5-15(10)22-11-6-7-12(13(19)8-11)17(23)18-14(20)9-16(21)24-18/h2-9,22H,1H3. The summed E-state index contributed by atoms with van der Waals surface area (Å²) in [5, 5.41) is 4.00. The normalized spacial score (nSPS) is 10.7.